The quantitative estimate of drug-likeness (QED) is 0.377. The third-order valence-electron chi connectivity index (χ3n) is 5.98. The normalized spacial score (nSPS) is 14.7. The molecule has 7 nitrogen and oxygen atoms in total. The van der Waals surface area contributed by atoms with Gasteiger partial charge < -0.3 is 24.1 Å². The van der Waals surface area contributed by atoms with Crippen LogP contribution in [0.4, 0.5) is 11.5 Å². The van der Waals surface area contributed by atoms with Crippen molar-refractivity contribution in [2.24, 2.45) is 0 Å². The van der Waals surface area contributed by atoms with Crippen molar-refractivity contribution in [2.45, 2.75) is 25.7 Å². The van der Waals surface area contributed by atoms with Crippen molar-refractivity contribution in [1.29, 1.82) is 0 Å². The highest BCUT2D eigenvalue weighted by Gasteiger charge is 2.16. The van der Waals surface area contributed by atoms with Crippen LogP contribution >= 0.6 is 0 Å². The maximum atomic E-state index is 6.08. The highest BCUT2D eigenvalue weighted by molar-refractivity contribution is 5.94. The smallest absolute Gasteiger partial charge is 0.163 e. The van der Waals surface area contributed by atoms with Crippen LogP contribution in [0.3, 0.4) is 0 Å². The van der Waals surface area contributed by atoms with Gasteiger partial charge in [-0.15, -0.1) is 0 Å². The van der Waals surface area contributed by atoms with Crippen LogP contribution in [0.15, 0.2) is 53.4 Å². The Bertz CT molecular complexity index is 1150. The van der Waals surface area contributed by atoms with E-state index in [0.717, 1.165) is 40.9 Å². The van der Waals surface area contributed by atoms with Crippen LogP contribution in [0.2, 0.25) is 0 Å². The summed E-state index contributed by atoms with van der Waals surface area (Å²) in [5.74, 6) is 2.86. The van der Waals surface area contributed by atoms with Crippen LogP contribution < -0.4 is 14.8 Å². The molecule has 7 heteroatoms. The van der Waals surface area contributed by atoms with Gasteiger partial charge in [0.25, 0.3) is 0 Å². The number of hydrogen-bond acceptors (Lipinski definition) is 7. The Morgan fingerprint density at radius 1 is 1.06 bits per heavy atom. The zero-order valence-electron chi connectivity index (χ0n) is 18.3. The minimum Gasteiger partial charge on any atom is -0.493 e. The molecule has 0 atom stereocenters. The maximum Gasteiger partial charge on any atom is 0.163 e. The summed E-state index contributed by atoms with van der Waals surface area (Å²) in [6.45, 7) is 4.14. The van der Waals surface area contributed by atoms with Gasteiger partial charge in [-0.05, 0) is 62.7 Å². The van der Waals surface area contributed by atoms with Gasteiger partial charge in [0, 0.05) is 23.6 Å². The van der Waals surface area contributed by atoms with Gasteiger partial charge in [0.1, 0.15) is 12.1 Å². The first-order valence-electron chi connectivity index (χ1n) is 11.2. The first-order valence-corrected chi connectivity index (χ1v) is 11.2. The van der Waals surface area contributed by atoms with Crippen molar-refractivity contribution in [3.63, 3.8) is 0 Å². The van der Waals surface area contributed by atoms with Crippen molar-refractivity contribution in [3.8, 4) is 22.8 Å². The Balaban J connectivity index is 1.33. The number of fused-ring (bicyclic) bond motifs is 2. The average Bonchev–Trinajstić information content (AvgIpc) is 3.25. The van der Waals surface area contributed by atoms with E-state index in [1.54, 1.807) is 19.7 Å². The molecular weight excluding hydrogens is 404 g/mol. The molecule has 0 amide bonds. The van der Waals surface area contributed by atoms with Gasteiger partial charge in [-0.2, -0.15) is 0 Å². The summed E-state index contributed by atoms with van der Waals surface area (Å²) in [6, 6.07) is 11.8. The fourth-order valence-electron chi connectivity index (χ4n) is 4.31. The summed E-state index contributed by atoms with van der Waals surface area (Å²) in [4.78, 5) is 11.4. The van der Waals surface area contributed by atoms with Crippen LogP contribution in [-0.2, 0) is 0 Å². The molecule has 1 saturated heterocycles. The largest absolute Gasteiger partial charge is 0.493 e. The van der Waals surface area contributed by atoms with E-state index in [9.17, 15) is 0 Å². The van der Waals surface area contributed by atoms with E-state index < -0.39 is 0 Å². The molecule has 0 unspecified atom stereocenters. The van der Waals surface area contributed by atoms with Crippen molar-refractivity contribution < 1.29 is 13.9 Å². The first-order chi connectivity index (χ1) is 15.8. The molecular formula is C25H28N4O3. The lowest BCUT2D eigenvalue weighted by atomic mass is 10.1. The molecule has 1 aromatic carbocycles. The Kier molecular flexibility index (Phi) is 6.07. The number of hydrogen-bond donors (Lipinski definition) is 1. The highest BCUT2D eigenvalue weighted by atomic mass is 16.5. The molecule has 2 aromatic rings. The summed E-state index contributed by atoms with van der Waals surface area (Å²) in [5, 5.41) is 4.24. The summed E-state index contributed by atoms with van der Waals surface area (Å²) >= 11 is 0. The van der Waals surface area contributed by atoms with Gasteiger partial charge in [0.15, 0.2) is 17.3 Å². The Hall–Kier alpha value is -3.32. The summed E-state index contributed by atoms with van der Waals surface area (Å²) in [7, 11) is 1.66. The van der Waals surface area contributed by atoms with E-state index in [2.05, 4.69) is 20.2 Å². The number of piperidine rings is 1. The zero-order chi connectivity index (χ0) is 21.8. The maximum absolute atomic E-state index is 6.08. The van der Waals surface area contributed by atoms with E-state index >= 15 is 0 Å². The molecule has 1 N–H and O–H groups in total. The number of anilines is 2. The number of rotatable bonds is 8. The van der Waals surface area contributed by atoms with Crippen LogP contribution in [0, 0.1) is 0 Å². The highest BCUT2D eigenvalue weighted by Crippen LogP contribution is 2.37. The molecule has 5 rings (SSSR count). The Morgan fingerprint density at radius 2 is 1.97 bits per heavy atom. The fraction of sp³-hybridized carbons (Fsp3) is 0.360. The average molecular weight is 433 g/mol. The zero-order valence-corrected chi connectivity index (χ0v) is 18.3. The fourth-order valence-corrected chi connectivity index (χ4v) is 4.31. The molecule has 32 heavy (non-hydrogen) atoms. The van der Waals surface area contributed by atoms with E-state index in [4.69, 9.17) is 13.9 Å². The minimum atomic E-state index is 0.648. The van der Waals surface area contributed by atoms with Crippen molar-refractivity contribution in [1.82, 2.24) is 14.9 Å². The van der Waals surface area contributed by atoms with Gasteiger partial charge in [-0.25, -0.2) is 9.97 Å². The summed E-state index contributed by atoms with van der Waals surface area (Å²) < 4.78 is 17.4. The molecule has 1 fully saturated rings. The number of nitrogens with zero attached hydrogens (tertiary/aromatic N) is 3. The Morgan fingerprint density at radius 3 is 2.84 bits per heavy atom. The molecule has 0 bridgehead atoms. The molecule has 0 spiro atoms. The third-order valence-corrected chi connectivity index (χ3v) is 5.98. The first kappa shape index (κ1) is 20.6. The SMILES string of the molecule is COc1cc2c(Nc3ccc4cccoc3-4)ncnc2cc1OCCCN1CCCCC1. The number of benzene rings is 1. The van der Waals surface area contributed by atoms with Gasteiger partial charge in [0.2, 0.25) is 0 Å². The minimum absolute atomic E-state index is 0.648. The molecule has 1 aromatic heterocycles. The number of nitrogens with one attached hydrogen (secondary N) is 1. The molecule has 2 aliphatic heterocycles. The lowest BCUT2D eigenvalue weighted by Gasteiger charge is -2.26. The number of ether oxygens (including phenoxy) is 2. The standard InChI is InChI=1S/C25H28N4O3/c1-30-22-15-19-21(16-23(22)31-14-6-12-29-10-3-2-4-11-29)26-17-27-25(19)28-20-9-8-18-7-5-13-32-24(18)20/h5,7-9,13,15-17H,2-4,6,10-12,14H2,1H3,(H,26,27,28). The van der Waals surface area contributed by atoms with Gasteiger partial charge >= 0.3 is 0 Å². The number of likely N-dealkylation sites (tertiary alicyclic amines) is 1. The predicted molar refractivity (Wildman–Crippen MR) is 125 cm³/mol. The molecule has 166 valence electrons. The molecule has 3 heterocycles. The van der Waals surface area contributed by atoms with E-state index in [-0.39, 0.29) is 0 Å². The predicted octanol–water partition coefficient (Wildman–Crippen LogP) is 5.33. The topological polar surface area (TPSA) is 72.6 Å². The van der Waals surface area contributed by atoms with Crippen LogP contribution in [0.25, 0.3) is 22.2 Å². The lowest BCUT2D eigenvalue weighted by Crippen LogP contribution is -2.31. The van der Waals surface area contributed by atoms with Crippen molar-refractivity contribution in [2.75, 3.05) is 38.7 Å². The molecule has 3 aliphatic rings. The molecule has 0 radical (unpaired) electrons. The molecule has 0 saturated carbocycles. The van der Waals surface area contributed by atoms with Crippen molar-refractivity contribution >= 4 is 22.4 Å². The number of aromatic nitrogens is 2. The van der Waals surface area contributed by atoms with Crippen LogP contribution in [0.1, 0.15) is 25.7 Å². The second kappa shape index (κ2) is 9.44. The third kappa shape index (κ3) is 4.34. The van der Waals surface area contributed by atoms with Crippen LogP contribution in [0.5, 0.6) is 11.5 Å². The monoisotopic (exact) mass is 432 g/mol. The lowest BCUT2D eigenvalue weighted by molar-refractivity contribution is 0.203. The van der Waals surface area contributed by atoms with Gasteiger partial charge in [-0.1, -0.05) is 6.42 Å². The van der Waals surface area contributed by atoms with E-state index in [1.807, 2.05) is 36.4 Å². The van der Waals surface area contributed by atoms with E-state index in [0.29, 0.717) is 23.9 Å². The van der Waals surface area contributed by atoms with Gasteiger partial charge in [0.05, 0.1) is 31.2 Å². The summed E-state index contributed by atoms with van der Waals surface area (Å²) in [5.41, 5.74) is 2.69. The summed E-state index contributed by atoms with van der Waals surface area (Å²) in [6.07, 6.45) is 8.19. The second-order valence-corrected chi connectivity index (χ2v) is 8.12. The van der Waals surface area contributed by atoms with E-state index in [1.165, 1.54) is 32.4 Å². The molecule has 1 aliphatic carbocycles. The van der Waals surface area contributed by atoms with Gasteiger partial charge in [-0.3, -0.25) is 0 Å². The van der Waals surface area contributed by atoms with Crippen LogP contribution in [-0.4, -0.2) is 48.2 Å². The second-order valence-electron chi connectivity index (χ2n) is 8.12. The van der Waals surface area contributed by atoms with Crippen molar-refractivity contribution in [3.05, 3.63) is 49.0 Å². The Labute approximate surface area is 187 Å². The number of methoxy groups -OCH3 is 1.